The number of nitrogens with one attached hydrogen (secondary N) is 2. The van der Waals surface area contributed by atoms with Gasteiger partial charge in [0.1, 0.15) is 0 Å². The summed E-state index contributed by atoms with van der Waals surface area (Å²) >= 11 is 0. The second kappa shape index (κ2) is 7.20. The van der Waals surface area contributed by atoms with Crippen LogP contribution in [0.15, 0.2) is 0 Å². The summed E-state index contributed by atoms with van der Waals surface area (Å²) in [5.41, 5.74) is 0.0602. The third-order valence-electron chi connectivity index (χ3n) is 6.52. The lowest BCUT2D eigenvalue weighted by molar-refractivity contribution is -0.107. The molecule has 2 aliphatic heterocycles. The fourth-order valence-corrected chi connectivity index (χ4v) is 4.97. The van der Waals surface area contributed by atoms with Crippen LogP contribution >= 0.6 is 0 Å². The minimum absolute atomic E-state index is 0.0257. The number of nitrogens with zero attached hydrogens (tertiary/aromatic N) is 1. The number of rotatable bonds is 4. The predicted octanol–water partition coefficient (Wildman–Crippen LogP) is 2.65. The molecule has 2 saturated heterocycles. The van der Waals surface area contributed by atoms with Crippen LogP contribution in [0.2, 0.25) is 0 Å². The summed E-state index contributed by atoms with van der Waals surface area (Å²) in [4.78, 5) is 14.9. The molecule has 2 amide bonds. The highest BCUT2D eigenvalue weighted by atomic mass is 16.5. The van der Waals surface area contributed by atoms with Gasteiger partial charge in [-0.25, -0.2) is 4.79 Å². The Hall–Kier alpha value is -0.810. The van der Waals surface area contributed by atoms with E-state index in [1.807, 2.05) is 0 Å². The Morgan fingerprint density at radius 3 is 2.75 bits per heavy atom. The lowest BCUT2D eigenvalue weighted by Gasteiger charge is -2.43. The van der Waals surface area contributed by atoms with Crippen molar-refractivity contribution in [1.29, 1.82) is 0 Å². The van der Waals surface area contributed by atoms with Gasteiger partial charge in [0.25, 0.3) is 0 Å². The summed E-state index contributed by atoms with van der Waals surface area (Å²) in [5.74, 6) is 0.635. The van der Waals surface area contributed by atoms with Crippen molar-refractivity contribution >= 4 is 6.03 Å². The van der Waals surface area contributed by atoms with Crippen molar-refractivity contribution in [3.05, 3.63) is 0 Å². The van der Waals surface area contributed by atoms with Gasteiger partial charge in [-0.15, -0.1) is 0 Å². The molecule has 2 saturated carbocycles. The Morgan fingerprint density at radius 2 is 1.96 bits per heavy atom. The fourth-order valence-electron chi connectivity index (χ4n) is 4.97. The predicted molar refractivity (Wildman–Crippen MR) is 94.0 cm³/mol. The first-order valence-corrected chi connectivity index (χ1v) is 10.1. The molecular formula is C19H33N3O2. The van der Waals surface area contributed by atoms with Crippen LogP contribution < -0.4 is 10.6 Å². The molecule has 5 heteroatoms. The zero-order valence-electron chi connectivity index (χ0n) is 14.9. The zero-order valence-corrected chi connectivity index (χ0v) is 14.9. The highest BCUT2D eigenvalue weighted by Crippen LogP contribution is 2.38. The zero-order chi connectivity index (χ0) is 16.4. The molecule has 4 fully saturated rings. The maximum atomic E-state index is 12.3. The highest BCUT2D eigenvalue weighted by Gasteiger charge is 2.39. The van der Waals surface area contributed by atoms with E-state index in [1.165, 1.54) is 64.5 Å². The quantitative estimate of drug-likeness (QED) is 0.830. The number of carbonyl (C=O) groups is 1. The van der Waals surface area contributed by atoms with Crippen molar-refractivity contribution in [3.8, 4) is 0 Å². The minimum atomic E-state index is 0.0257. The average Bonchev–Trinajstić information content (AvgIpc) is 3.32. The molecular weight excluding hydrogens is 302 g/mol. The van der Waals surface area contributed by atoms with Gasteiger partial charge in [0.15, 0.2) is 0 Å². The molecule has 2 aliphatic carbocycles. The van der Waals surface area contributed by atoms with Crippen LogP contribution in [0, 0.1) is 5.92 Å². The van der Waals surface area contributed by atoms with E-state index < -0.39 is 0 Å². The van der Waals surface area contributed by atoms with E-state index in [2.05, 4.69) is 15.5 Å². The van der Waals surface area contributed by atoms with Crippen molar-refractivity contribution in [2.24, 2.45) is 5.92 Å². The topological polar surface area (TPSA) is 53.6 Å². The van der Waals surface area contributed by atoms with Gasteiger partial charge in [-0.1, -0.05) is 19.3 Å². The SMILES string of the molecule is O=C(NC[C@H]1CCN(C2CC2)C1)N[C@H]1CCOC2(CCCCC2)C1. The minimum Gasteiger partial charge on any atom is -0.375 e. The summed E-state index contributed by atoms with van der Waals surface area (Å²) in [5, 5.41) is 6.34. The van der Waals surface area contributed by atoms with Crippen LogP contribution in [0.5, 0.6) is 0 Å². The van der Waals surface area contributed by atoms with Crippen LogP contribution in [-0.4, -0.2) is 54.9 Å². The molecule has 0 aromatic carbocycles. The molecule has 2 heterocycles. The number of carbonyl (C=O) groups excluding carboxylic acids is 1. The van der Waals surface area contributed by atoms with Gasteiger partial charge < -0.3 is 20.3 Å². The van der Waals surface area contributed by atoms with Crippen LogP contribution in [0.25, 0.3) is 0 Å². The number of hydrogen-bond donors (Lipinski definition) is 2. The van der Waals surface area contributed by atoms with Crippen LogP contribution in [0.3, 0.4) is 0 Å². The molecule has 0 radical (unpaired) electrons. The third kappa shape index (κ3) is 4.05. The van der Waals surface area contributed by atoms with Gasteiger partial charge in [0, 0.05) is 31.8 Å². The second-order valence-corrected chi connectivity index (χ2v) is 8.52. The van der Waals surface area contributed by atoms with E-state index in [0.717, 1.165) is 32.0 Å². The van der Waals surface area contributed by atoms with Crippen molar-refractivity contribution in [3.63, 3.8) is 0 Å². The normalized spacial score (nSPS) is 33.5. The van der Waals surface area contributed by atoms with E-state index in [1.54, 1.807) is 0 Å². The van der Waals surface area contributed by atoms with Crippen LogP contribution in [-0.2, 0) is 4.74 Å². The van der Waals surface area contributed by atoms with E-state index in [-0.39, 0.29) is 17.7 Å². The van der Waals surface area contributed by atoms with E-state index in [4.69, 9.17) is 4.74 Å². The fraction of sp³-hybridized carbons (Fsp3) is 0.947. The van der Waals surface area contributed by atoms with Crippen molar-refractivity contribution in [2.45, 2.75) is 81.9 Å². The first kappa shape index (κ1) is 16.6. The van der Waals surface area contributed by atoms with E-state index in [0.29, 0.717) is 5.92 Å². The van der Waals surface area contributed by atoms with Gasteiger partial charge in [0.2, 0.25) is 0 Å². The molecule has 5 nitrogen and oxygen atoms in total. The Balaban J connectivity index is 1.18. The molecule has 4 aliphatic rings. The van der Waals surface area contributed by atoms with E-state index in [9.17, 15) is 4.79 Å². The molecule has 24 heavy (non-hydrogen) atoms. The average molecular weight is 335 g/mol. The number of urea groups is 1. The number of ether oxygens (including phenoxy) is 1. The summed E-state index contributed by atoms with van der Waals surface area (Å²) < 4.78 is 6.12. The Bertz CT molecular complexity index is 440. The lowest BCUT2D eigenvalue weighted by atomic mass is 9.78. The number of likely N-dealkylation sites (tertiary alicyclic amines) is 1. The largest absolute Gasteiger partial charge is 0.375 e. The van der Waals surface area contributed by atoms with Crippen molar-refractivity contribution < 1.29 is 9.53 Å². The summed E-state index contributed by atoms with van der Waals surface area (Å²) in [6.45, 7) is 4.01. The maximum Gasteiger partial charge on any atom is 0.315 e. The molecule has 1 spiro atoms. The van der Waals surface area contributed by atoms with Gasteiger partial charge in [-0.2, -0.15) is 0 Å². The highest BCUT2D eigenvalue weighted by molar-refractivity contribution is 5.74. The molecule has 2 N–H and O–H groups in total. The maximum absolute atomic E-state index is 12.3. The lowest BCUT2D eigenvalue weighted by Crippen LogP contribution is -2.52. The standard InChI is InChI=1S/C19H33N3O2/c23-18(20-13-15-6-10-22(14-15)17-4-5-17)21-16-7-11-24-19(12-16)8-2-1-3-9-19/h15-17H,1-14H2,(H2,20,21,23)/t15-,16+/m1/s1. The van der Waals surface area contributed by atoms with Gasteiger partial charge in [0.05, 0.1) is 5.60 Å². The molecule has 4 rings (SSSR count). The number of amides is 2. The summed E-state index contributed by atoms with van der Waals surface area (Å²) in [6, 6.07) is 1.17. The molecule has 0 bridgehead atoms. The van der Waals surface area contributed by atoms with Crippen LogP contribution in [0.1, 0.15) is 64.2 Å². The monoisotopic (exact) mass is 335 g/mol. The summed E-state index contributed by atoms with van der Waals surface area (Å²) in [6.07, 6.45) is 12.2. The van der Waals surface area contributed by atoms with Crippen LogP contribution in [0.4, 0.5) is 4.79 Å². The van der Waals surface area contributed by atoms with Crippen molar-refractivity contribution in [1.82, 2.24) is 15.5 Å². The first-order chi connectivity index (χ1) is 11.7. The Morgan fingerprint density at radius 1 is 1.12 bits per heavy atom. The molecule has 0 aromatic rings. The Labute approximate surface area is 145 Å². The van der Waals surface area contributed by atoms with Gasteiger partial charge in [-0.3, -0.25) is 0 Å². The van der Waals surface area contributed by atoms with Gasteiger partial charge >= 0.3 is 6.03 Å². The number of hydrogen-bond acceptors (Lipinski definition) is 3. The molecule has 0 aromatic heterocycles. The third-order valence-corrected chi connectivity index (χ3v) is 6.52. The first-order valence-electron chi connectivity index (χ1n) is 10.1. The van der Waals surface area contributed by atoms with Crippen molar-refractivity contribution in [2.75, 3.05) is 26.2 Å². The second-order valence-electron chi connectivity index (χ2n) is 8.52. The smallest absolute Gasteiger partial charge is 0.315 e. The van der Waals surface area contributed by atoms with Gasteiger partial charge in [-0.05, 0) is 57.4 Å². The molecule has 136 valence electrons. The molecule has 0 unspecified atom stereocenters. The Kier molecular flexibility index (Phi) is 5.00. The summed E-state index contributed by atoms with van der Waals surface area (Å²) in [7, 11) is 0. The van der Waals surface area contributed by atoms with E-state index >= 15 is 0 Å². The molecule has 2 atom stereocenters.